The van der Waals surface area contributed by atoms with E-state index in [1.165, 1.54) is 11.1 Å². The highest BCUT2D eigenvalue weighted by molar-refractivity contribution is 5.76. The molecule has 2 aromatic rings. The number of anilines is 1. The standard InChI is InChI=1S/C23H33N5O/c1-4-19-6-8-20(9-7-19)22(18(2)3)24-13-10-21(29)27-14-16-28(17-15-27)23-25-11-5-12-26-23/h5-9,11-12,18,22,24H,4,10,13-17H2,1-3H3. The van der Waals surface area contributed by atoms with Crippen LogP contribution < -0.4 is 10.2 Å². The number of aromatic nitrogens is 2. The van der Waals surface area contributed by atoms with Crippen molar-refractivity contribution in [3.8, 4) is 0 Å². The molecule has 1 aliphatic rings. The Kier molecular flexibility index (Phi) is 7.58. The third-order valence-electron chi connectivity index (χ3n) is 5.58. The number of piperazine rings is 1. The minimum Gasteiger partial charge on any atom is -0.339 e. The quantitative estimate of drug-likeness (QED) is 0.744. The molecule has 1 unspecified atom stereocenters. The summed E-state index contributed by atoms with van der Waals surface area (Å²) in [5.74, 6) is 1.43. The number of hydrogen-bond donors (Lipinski definition) is 1. The number of hydrogen-bond acceptors (Lipinski definition) is 5. The molecule has 1 aromatic heterocycles. The third kappa shape index (κ3) is 5.76. The Morgan fingerprint density at radius 1 is 1.07 bits per heavy atom. The first-order valence-electron chi connectivity index (χ1n) is 10.7. The fourth-order valence-electron chi connectivity index (χ4n) is 3.80. The molecule has 156 valence electrons. The molecule has 6 nitrogen and oxygen atoms in total. The van der Waals surface area contributed by atoms with Gasteiger partial charge in [-0.3, -0.25) is 4.79 Å². The van der Waals surface area contributed by atoms with E-state index < -0.39 is 0 Å². The van der Waals surface area contributed by atoms with Crippen LogP contribution in [0.4, 0.5) is 5.95 Å². The zero-order valence-corrected chi connectivity index (χ0v) is 17.8. The van der Waals surface area contributed by atoms with Gasteiger partial charge in [-0.2, -0.15) is 0 Å². The molecular formula is C23H33N5O. The maximum Gasteiger partial charge on any atom is 0.225 e. The molecule has 6 heteroatoms. The molecule has 0 spiro atoms. The van der Waals surface area contributed by atoms with Crippen LogP contribution >= 0.6 is 0 Å². The fraction of sp³-hybridized carbons (Fsp3) is 0.522. The Bertz CT molecular complexity index is 755. The number of aryl methyl sites for hydroxylation is 1. The SMILES string of the molecule is CCc1ccc(C(NCCC(=O)N2CCN(c3ncccn3)CC2)C(C)C)cc1. The monoisotopic (exact) mass is 395 g/mol. The lowest BCUT2D eigenvalue weighted by atomic mass is 9.95. The summed E-state index contributed by atoms with van der Waals surface area (Å²) in [6.07, 6.45) is 5.09. The van der Waals surface area contributed by atoms with Gasteiger partial charge in [0.25, 0.3) is 0 Å². The summed E-state index contributed by atoms with van der Waals surface area (Å²) < 4.78 is 0. The Balaban J connectivity index is 1.46. The molecule has 29 heavy (non-hydrogen) atoms. The second-order valence-electron chi connectivity index (χ2n) is 7.94. The van der Waals surface area contributed by atoms with Gasteiger partial charge in [-0.1, -0.05) is 45.0 Å². The molecule has 0 saturated carbocycles. The highest BCUT2D eigenvalue weighted by Gasteiger charge is 2.22. The average molecular weight is 396 g/mol. The van der Waals surface area contributed by atoms with E-state index in [-0.39, 0.29) is 11.9 Å². The number of nitrogens with zero attached hydrogens (tertiary/aromatic N) is 4. The minimum atomic E-state index is 0.218. The lowest BCUT2D eigenvalue weighted by Crippen LogP contribution is -2.49. The zero-order valence-electron chi connectivity index (χ0n) is 17.8. The van der Waals surface area contributed by atoms with E-state index in [0.29, 0.717) is 18.9 Å². The number of amides is 1. The van der Waals surface area contributed by atoms with Gasteiger partial charge in [-0.15, -0.1) is 0 Å². The molecule has 2 heterocycles. The van der Waals surface area contributed by atoms with Crippen molar-refractivity contribution in [2.75, 3.05) is 37.6 Å². The highest BCUT2D eigenvalue weighted by Crippen LogP contribution is 2.22. The van der Waals surface area contributed by atoms with Crippen LogP contribution in [0.25, 0.3) is 0 Å². The van der Waals surface area contributed by atoms with Crippen molar-refractivity contribution < 1.29 is 4.79 Å². The molecule has 1 saturated heterocycles. The molecule has 1 amide bonds. The molecule has 1 aromatic carbocycles. The first kappa shape index (κ1) is 21.2. The van der Waals surface area contributed by atoms with Crippen molar-refractivity contribution in [2.45, 2.75) is 39.7 Å². The predicted molar refractivity (Wildman–Crippen MR) is 117 cm³/mol. The summed E-state index contributed by atoms with van der Waals surface area (Å²) >= 11 is 0. The average Bonchev–Trinajstić information content (AvgIpc) is 2.77. The van der Waals surface area contributed by atoms with Crippen molar-refractivity contribution in [3.63, 3.8) is 0 Å². The van der Waals surface area contributed by atoms with Gasteiger partial charge in [0.05, 0.1) is 0 Å². The number of benzene rings is 1. The second-order valence-corrected chi connectivity index (χ2v) is 7.94. The van der Waals surface area contributed by atoms with E-state index >= 15 is 0 Å². The molecule has 0 radical (unpaired) electrons. The Morgan fingerprint density at radius 2 is 1.72 bits per heavy atom. The van der Waals surface area contributed by atoms with E-state index in [1.54, 1.807) is 12.4 Å². The molecule has 1 fully saturated rings. The highest BCUT2D eigenvalue weighted by atomic mass is 16.2. The van der Waals surface area contributed by atoms with Crippen molar-refractivity contribution in [2.24, 2.45) is 5.92 Å². The van der Waals surface area contributed by atoms with Gasteiger partial charge in [0, 0.05) is 57.6 Å². The second kappa shape index (κ2) is 10.3. The Morgan fingerprint density at radius 3 is 2.31 bits per heavy atom. The van der Waals surface area contributed by atoms with Crippen LogP contribution in [0.5, 0.6) is 0 Å². The normalized spacial score (nSPS) is 15.6. The number of nitrogens with one attached hydrogen (secondary N) is 1. The number of carbonyl (C=O) groups is 1. The maximum absolute atomic E-state index is 12.6. The smallest absolute Gasteiger partial charge is 0.225 e. The van der Waals surface area contributed by atoms with Crippen LogP contribution in [-0.2, 0) is 11.2 Å². The number of carbonyl (C=O) groups excluding carboxylic acids is 1. The lowest BCUT2D eigenvalue weighted by molar-refractivity contribution is -0.131. The van der Waals surface area contributed by atoms with Crippen LogP contribution in [-0.4, -0.2) is 53.5 Å². The molecule has 1 N–H and O–H groups in total. The molecule has 3 rings (SSSR count). The maximum atomic E-state index is 12.6. The first-order valence-corrected chi connectivity index (χ1v) is 10.7. The van der Waals surface area contributed by atoms with E-state index in [2.05, 4.69) is 65.2 Å². The summed E-state index contributed by atoms with van der Waals surface area (Å²) in [6.45, 7) is 10.3. The fourth-order valence-corrected chi connectivity index (χ4v) is 3.80. The Hall–Kier alpha value is -2.47. The Labute approximate surface area is 174 Å². The summed E-state index contributed by atoms with van der Waals surface area (Å²) in [7, 11) is 0. The van der Waals surface area contributed by atoms with E-state index in [4.69, 9.17) is 0 Å². The topological polar surface area (TPSA) is 61.4 Å². The minimum absolute atomic E-state index is 0.218. The largest absolute Gasteiger partial charge is 0.339 e. The van der Waals surface area contributed by atoms with Crippen LogP contribution in [0.2, 0.25) is 0 Å². The van der Waals surface area contributed by atoms with Gasteiger partial charge in [0.15, 0.2) is 0 Å². The van der Waals surface area contributed by atoms with Gasteiger partial charge in [-0.05, 0) is 29.5 Å². The summed E-state index contributed by atoms with van der Waals surface area (Å²) in [5.41, 5.74) is 2.65. The lowest BCUT2D eigenvalue weighted by Gasteiger charge is -2.35. The molecule has 0 aliphatic carbocycles. The molecule has 0 bridgehead atoms. The van der Waals surface area contributed by atoms with Crippen molar-refractivity contribution in [1.29, 1.82) is 0 Å². The van der Waals surface area contributed by atoms with Crippen LogP contribution in [0, 0.1) is 5.92 Å². The summed E-state index contributed by atoms with van der Waals surface area (Å²) in [5, 5.41) is 3.60. The summed E-state index contributed by atoms with van der Waals surface area (Å²) in [6, 6.07) is 10.9. The van der Waals surface area contributed by atoms with E-state index in [0.717, 1.165) is 38.5 Å². The number of rotatable bonds is 8. The predicted octanol–water partition coefficient (Wildman–Crippen LogP) is 3.06. The zero-order chi connectivity index (χ0) is 20.6. The van der Waals surface area contributed by atoms with E-state index in [9.17, 15) is 4.79 Å². The van der Waals surface area contributed by atoms with Crippen molar-refractivity contribution in [1.82, 2.24) is 20.2 Å². The van der Waals surface area contributed by atoms with Gasteiger partial charge >= 0.3 is 0 Å². The molecule has 1 atom stereocenters. The van der Waals surface area contributed by atoms with E-state index in [1.807, 2.05) is 11.0 Å². The third-order valence-corrected chi connectivity index (χ3v) is 5.58. The van der Waals surface area contributed by atoms with Crippen molar-refractivity contribution in [3.05, 3.63) is 53.9 Å². The summed E-state index contributed by atoms with van der Waals surface area (Å²) in [4.78, 5) is 25.3. The van der Waals surface area contributed by atoms with Gasteiger partial charge < -0.3 is 15.1 Å². The van der Waals surface area contributed by atoms with Crippen LogP contribution in [0.15, 0.2) is 42.7 Å². The van der Waals surface area contributed by atoms with Crippen LogP contribution in [0.1, 0.15) is 44.4 Å². The van der Waals surface area contributed by atoms with Gasteiger partial charge in [-0.25, -0.2) is 9.97 Å². The van der Waals surface area contributed by atoms with Crippen molar-refractivity contribution >= 4 is 11.9 Å². The molecule has 1 aliphatic heterocycles. The van der Waals surface area contributed by atoms with Gasteiger partial charge in [0.1, 0.15) is 0 Å². The van der Waals surface area contributed by atoms with Crippen LogP contribution in [0.3, 0.4) is 0 Å². The molecular weight excluding hydrogens is 362 g/mol. The first-order chi connectivity index (χ1) is 14.1. The van der Waals surface area contributed by atoms with Gasteiger partial charge in [0.2, 0.25) is 11.9 Å².